The molecule has 1 aliphatic rings. The van der Waals surface area contributed by atoms with E-state index in [0.29, 0.717) is 0 Å². The Morgan fingerprint density at radius 1 is 1.19 bits per heavy atom. The number of hydrogen-bond acceptors (Lipinski definition) is 1. The summed E-state index contributed by atoms with van der Waals surface area (Å²) in [6, 6.07) is 10.6. The van der Waals surface area contributed by atoms with Gasteiger partial charge >= 0.3 is 0 Å². The zero-order chi connectivity index (χ0) is 15.5. The summed E-state index contributed by atoms with van der Waals surface area (Å²) >= 11 is 0. The van der Waals surface area contributed by atoms with Crippen molar-refractivity contribution in [3.63, 3.8) is 0 Å². The number of benzene rings is 1. The molecule has 110 valence electrons. The fourth-order valence-corrected chi connectivity index (χ4v) is 2.09. The van der Waals surface area contributed by atoms with Gasteiger partial charge in [-0.25, -0.2) is 0 Å². The molecular weight excluding hydrogens is 254 g/mol. The molecule has 0 saturated heterocycles. The van der Waals surface area contributed by atoms with E-state index in [9.17, 15) is 0 Å². The van der Waals surface area contributed by atoms with Crippen molar-refractivity contribution in [3.8, 4) is 0 Å². The topological polar surface area (TPSA) is 12.0 Å². The van der Waals surface area contributed by atoms with Gasteiger partial charge in [0.25, 0.3) is 0 Å². The van der Waals surface area contributed by atoms with E-state index in [0.717, 1.165) is 0 Å². The average Bonchev–Trinajstić information content (AvgIpc) is 2.57. The second-order valence-corrected chi connectivity index (χ2v) is 4.37. The van der Waals surface area contributed by atoms with Crippen LogP contribution in [0.1, 0.15) is 26.3 Å². The monoisotopic (exact) mass is 279 g/mol. The molecular formula is C20H25N. The first-order chi connectivity index (χ1) is 10.3. The minimum Gasteiger partial charge on any atom is -0.380 e. The lowest BCUT2D eigenvalue weighted by Gasteiger charge is -2.20. The van der Waals surface area contributed by atoms with Gasteiger partial charge in [0, 0.05) is 6.20 Å². The Balaban J connectivity index is 0.00000106. The minimum absolute atomic E-state index is 0.210. The van der Waals surface area contributed by atoms with Crippen LogP contribution < -0.4 is 5.32 Å². The molecule has 1 aromatic rings. The Kier molecular flexibility index (Phi) is 7.67. The summed E-state index contributed by atoms with van der Waals surface area (Å²) in [5.41, 5.74) is 3.64. The number of nitrogens with one attached hydrogen (secondary N) is 1. The highest BCUT2D eigenvalue weighted by Crippen LogP contribution is 2.20. The smallest absolute Gasteiger partial charge is 0.0696 e. The predicted molar refractivity (Wildman–Crippen MR) is 94.9 cm³/mol. The first kappa shape index (κ1) is 16.8. The van der Waals surface area contributed by atoms with Crippen molar-refractivity contribution in [3.05, 3.63) is 90.7 Å². The highest BCUT2D eigenvalue weighted by atomic mass is 14.9. The third kappa shape index (κ3) is 4.96. The Hall–Kier alpha value is -2.28. The predicted octanol–water partition coefficient (Wildman–Crippen LogP) is 5.27. The molecule has 0 radical (unpaired) electrons. The fourth-order valence-electron chi connectivity index (χ4n) is 2.09. The van der Waals surface area contributed by atoms with Crippen molar-refractivity contribution >= 4 is 5.57 Å². The van der Waals surface area contributed by atoms with Crippen molar-refractivity contribution in [1.29, 1.82) is 0 Å². The number of dihydropyridines is 1. The summed E-state index contributed by atoms with van der Waals surface area (Å²) in [7, 11) is 0. The van der Waals surface area contributed by atoms with Gasteiger partial charge in [0.05, 0.1) is 6.04 Å². The van der Waals surface area contributed by atoms with Crippen molar-refractivity contribution in [2.45, 2.75) is 26.8 Å². The van der Waals surface area contributed by atoms with Crippen LogP contribution in [0, 0.1) is 0 Å². The van der Waals surface area contributed by atoms with Crippen molar-refractivity contribution in [2.24, 2.45) is 0 Å². The third-order valence-corrected chi connectivity index (χ3v) is 3.02. The lowest BCUT2D eigenvalue weighted by Crippen LogP contribution is -2.26. The summed E-state index contributed by atoms with van der Waals surface area (Å²) in [5.74, 6) is 0. The summed E-state index contributed by atoms with van der Waals surface area (Å²) in [6.07, 6.45) is 14.4. The first-order valence-corrected chi connectivity index (χ1v) is 7.50. The van der Waals surface area contributed by atoms with E-state index in [1.807, 2.05) is 45.1 Å². The van der Waals surface area contributed by atoms with Crippen LogP contribution in [0.15, 0.2) is 85.1 Å². The van der Waals surface area contributed by atoms with Crippen LogP contribution in [0.5, 0.6) is 0 Å². The van der Waals surface area contributed by atoms with Crippen molar-refractivity contribution in [2.75, 3.05) is 0 Å². The first-order valence-electron chi connectivity index (χ1n) is 7.50. The Bertz CT molecular complexity index is 544. The lowest BCUT2D eigenvalue weighted by molar-refractivity contribution is 0.804. The van der Waals surface area contributed by atoms with Crippen molar-refractivity contribution in [1.82, 2.24) is 5.32 Å². The molecule has 21 heavy (non-hydrogen) atoms. The normalized spacial score (nSPS) is 17.6. The number of hydrogen-bond donors (Lipinski definition) is 1. The van der Waals surface area contributed by atoms with Gasteiger partial charge in [-0.1, -0.05) is 87.2 Å². The van der Waals surface area contributed by atoms with E-state index >= 15 is 0 Å². The summed E-state index contributed by atoms with van der Waals surface area (Å²) in [4.78, 5) is 0. The van der Waals surface area contributed by atoms with Crippen LogP contribution in [-0.4, -0.2) is 6.04 Å². The van der Waals surface area contributed by atoms with Gasteiger partial charge in [-0.3, -0.25) is 0 Å². The molecule has 0 fully saturated rings. The Labute approximate surface area is 129 Å². The molecule has 2 rings (SSSR count). The summed E-state index contributed by atoms with van der Waals surface area (Å²) in [5, 5.41) is 3.42. The minimum atomic E-state index is 0.210. The molecule has 1 N–H and O–H groups in total. The number of allylic oxidation sites excluding steroid dienone is 5. The van der Waals surface area contributed by atoms with E-state index in [4.69, 9.17) is 0 Å². The second-order valence-electron chi connectivity index (χ2n) is 4.37. The van der Waals surface area contributed by atoms with Crippen LogP contribution in [0.25, 0.3) is 5.57 Å². The second kappa shape index (κ2) is 9.60. The molecule has 0 bridgehead atoms. The zero-order valence-electron chi connectivity index (χ0n) is 13.2. The third-order valence-electron chi connectivity index (χ3n) is 3.02. The maximum Gasteiger partial charge on any atom is 0.0696 e. The largest absolute Gasteiger partial charge is 0.380 e. The summed E-state index contributed by atoms with van der Waals surface area (Å²) < 4.78 is 0. The fraction of sp³-hybridized carbons (Fsp3) is 0.200. The van der Waals surface area contributed by atoms with Gasteiger partial charge in [0.1, 0.15) is 0 Å². The van der Waals surface area contributed by atoms with Crippen LogP contribution in [0.2, 0.25) is 0 Å². The van der Waals surface area contributed by atoms with Crippen LogP contribution in [0.4, 0.5) is 0 Å². The molecule has 0 saturated carbocycles. The molecule has 1 heteroatoms. The molecule has 1 atom stereocenters. The molecule has 1 unspecified atom stereocenters. The van der Waals surface area contributed by atoms with Gasteiger partial charge in [-0.05, 0) is 23.6 Å². The standard InChI is InChI=1S/C18H19N.C2H6/c1-3-8-16(9-4-2)18-13-12-17(14-19-18)15-10-6-5-7-11-15;1-2/h3-14,18-19H,1H2,2H3;1-2H3/b9-4-,16-8+;. The van der Waals surface area contributed by atoms with E-state index < -0.39 is 0 Å². The van der Waals surface area contributed by atoms with E-state index in [-0.39, 0.29) is 6.04 Å². The van der Waals surface area contributed by atoms with Crippen LogP contribution in [-0.2, 0) is 0 Å². The van der Waals surface area contributed by atoms with E-state index in [2.05, 4.69) is 60.6 Å². The SMILES string of the molecule is C=C/C=C(\C=C/C)C1C=CC(c2ccccc2)=CN1.CC. The van der Waals surface area contributed by atoms with Crippen LogP contribution >= 0.6 is 0 Å². The quantitative estimate of drug-likeness (QED) is 0.740. The van der Waals surface area contributed by atoms with Gasteiger partial charge in [-0.2, -0.15) is 0 Å². The van der Waals surface area contributed by atoms with Crippen LogP contribution in [0.3, 0.4) is 0 Å². The van der Waals surface area contributed by atoms with Gasteiger partial charge in [-0.15, -0.1) is 0 Å². The zero-order valence-corrected chi connectivity index (χ0v) is 13.2. The van der Waals surface area contributed by atoms with E-state index in [1.54, 1.807) is 0 Å². The molecule has 0 aromatic heterocycles. The van der Waals surface area contributed by atoms with Crippen molar-refractivity contribution < 1.29 is 0 Å². The molecule has 1 aliphatic heterocycles. The maximum atomic E-state index is 3.76. The molecule has 0 spiro atoms. The van der Waals surface area contributed by atoms with Gasteiger partial charge in [0.2, 0.25) is 0 Å². The highest BCUT2D eigenvalue weighted by molar-refractivity contribution is 5.75. The molecule has 1 heterocycles. The van der Waals surface area contributed by atoms with Gasteiger partial charge < -0.3 is 5.32 Å². The lowest BCUT2D eigenvalue weighted by atomic mass is 9.99. The number of rotatable bonds is 4. The molecule has 0 amide bonds. The molecule has 0 aliphatic carbocycles. The molecule has 1 nitrogen and oxygen atoms in total. The van der Waals surface area contributed by atoms with E-state index in [1.165, 1.54) is 16.7 Å². The Morgan fingerprint density at radius 3 is 2.43 bits per heavy atom. The highest BCUT2D eigenvalue weighted by Gasteiger charge is 2.10. The summed E-state index contributed by atoms with van der Waals surface area (Å²) in [6.45, 7) is 9.79. The Morgan fingerprint density at radius 2 is 1.90 bits per heavy atom. The molecule has 1 aromatic carbocycles. The maximum absolute atomic E-state index is 3.76. The van der Waals surface area contributed by atoms with Gasteiger partial charge in [0.15, 0.2) is 0 Å². The average molecular weight is 279 g/mol.